The normalized spacial score (nSPS) is 17.4. The second kappa shape index (κ2) is 6.91. The molecule has 3 heteroatoms. The molecule has 0 saturated heterocycles. The van der Waals surface area contributed by atoms with Crippen LogP contribution < -0.4 is 4.74 Å². The van der Waals surface area contributed by atoms with E-state index in [1.165, 1.54) is 35.1 Å². The van der Waals surface area contributed by atoms with Gasteiger partial charge in [0.25, 0.3) is 5.91 Å². The largest absolute Gasteiger partial charge is 0.481 e. The van der Waals surface area contributed by atoms with Crippen LogP contribution in [0.25, 0.3) is 0 Å². The summed E-state index contributed by atoms with van der Waals surface area (Å²) in [5, 5.41) is 0. The lowest BCUT2D eigenvalue weighted by molar-refractivity contribution is -0.138. The fourth-order valence-electron chi connectivity index (χ4n) is 4.04. The van der Waals surface area contributed by atoms with E-state index in [4.69, 9.17) is 4.74 Å². The van der Waals surface area contributed by atoms with Crippen LogP contribution in [0, 0.1) is 0 Å². The molecule has 0 bridgehead atoms. The van der Waals surface area contributed by atoms with Crippen LogP contribution >= 0.6 is 0 Å². The minimum atomic E-state index is -0.446. The molecule has 0 radical (unpaired) electrons. The van der Waals surface area contributed by atoms with Gasteiger partial charge in [-0.15, -0.1) is 0 Å². The molecule has 0 fully saturated rings. The lowest BCUT2D eigenvalue weighted by atomic mass is 9.91. The molecule has 0 N–H and O–H groups in total. The SMILES string of the molecule is CC(Oc1cccc2c1CCCC2)C(=O)N1CCc2ccccc2C1. The summed E-state index contributed by atoms with van der Waals surface area (Å²) < 4.78 is 6.12. The van der Waals surface area contributed by atoms with Gasteiger partial charge in [-0.2, -0.15) is 0 Å². The van der Waals surface area contributed by atoms with Crippen LogP contribution in [-0.2, 0) is 30.6 Å². The number of carbonyl (C=O) groups excluding carboxylic acids is 1. The molecule has 2 aliphatic rings. The van der Waals surface area contributed by atoms with Gasteiger partial charge in [0.05, 0.1) is 0 Å². The summed E-state index contributed by atoms with van der Waals surface area (Å²) in [5.74, 6) is 0.985. The minimum absolute atomic E-state index is 0.0860. The molecule has 1 aliphatic carbocycles. The van der Waals surface area contributed by atoms with E-state index in [0.717, 1.165) is 31.6 Å². The highest BCUT2D eigenvalue weighted by molar-refractivity contribution is 5.81. The number of fused-ring (bicyclic) bond motifs is 2. The van der Waals surface area contributed by atoms with E-state index in [1.807, 2.05) is 30.0 Å². The van der Waals surface area contributed by atoms with Crippen molar-refractivity contribution in [1.29, 1.82) is 0 Å². The summed E-state index contributed by atoms with van der Waals surface area (Å²) in [7, 11) is 0. The van der Waals surface area contributed by atoms with Crippen molar-refractivity contribution in [2.45, 2.75) is 51.7 Å². The Balaban J connectivity index is 1.47. The van der Waals surface area contributed by atoms with Crippen LogP contribution in [0.5, 0.6) is 5.75 Å². The van der Waals surface area contributed by atoms with Crippen molar-refractivity contribution >= 4 is 5.91 Å². The van der Waals surface area contributed by atoms with Gasteiger partial charge in [-0.3, -0.25) is 4.79 Å². The van der Waals surface area contributed by atoms with E-state index >= 15 is 0 Å². The second-order valence-electron chi connectivity index (χ2n) is 7.14. The average Bonchev–Trinajstić information content (AvgIpc) is 2.67. The molecule has 1 heterocycles. The second-order valence-corrected chi connectivity index (χ2v) is 7.14. The Labute approximate surface area is 149 Å². The number of hydrogen-bond donors (Lipinski definition) is 0. The first-order valence-electron chi connectivity index (χ1n) is 9.35. The highest BCUT2D eigenvalue weighted by Crippen LogP contribution is 2.30. The van der Waals surface area contributed by atoms with Crippen LogP contribution in [-0.4, -0.2) is 23.5 Å². The number of ether oxygens (including phenoxy) is 1. The molecule has 0 aromatic heterocycles. The van der Waals surface area contributed by atoms with E-state index in [2.05, 4.69) is 24.3 Å². The number of aryl methyl sites for hydroxylation is 1. The first kappa shape index (κ1) is 16.2. The number of nitrogens with zero attached hydrogens (tertiary/aromatic N) is 1. The molecule has 1 unspecified atom stereocenters. The highest BCUT2D eigenvalue weighted by Gasteiger charge is 2.26. The first-order chi connectivity index (χ1) is 12.2. The van der Waals surface area contributed by atoms with Crippen molar-refractivity contribution in [2.24, 2.45) is 0 Å². The zero-order chi connectivity index (χ0) is 17.2. The molecular weight excluding hydrogens is 310 g/mol. The number of carbonyl (C=O) groups is 1. The molecule has 1 aliphatic heterocycles. The Hall–Kier alpha value is -2.29. The van der Waals surface area contributed by atoms with Crippen LogP contribution in [0.15, 0.2) is 42.5 Å². The summed E-state index contributed by atoms with van der Waals surface area (Å²) in [4.78, 5) is 14.8. The molecule has 0 spiro atoms. The minimum Gasteiger partial charge on any atom is -0.481 e. The van der Waals surface area contributed by atoms with Crippen molar-refractivity contribution in [3.05, 3.63) is 64.7 Å². The van der Waals surface area contributed by atoms with Crippen molar-refractivity contribution in [3.8, 4) is 5.75 Å². The Morgan fingerprint density at radius 3 is 2.60 bits per heavy atom. The Kier molecular flexibility index (Phi) is 4.48. The average molecular weight is 335 g/mol. The molecule has 130 valence electrons. The zero-order valence-corrected chi connectivity index (χ0v) is 14.8. The summed E-state index contributed by atoms with van der Waals surface area (Å²) in [5.41, 5.74) is 5.30. The van der Waals surface area contributed by atoms with E-state index in [1.54, 1.807) is 0 Å². The van der Waals surface area contributed by atoms with E-state index in [-0.39, 0.29) is 5.91 Å². The molecule has 1 atom stereocenters. The molecular formula is C22H25NO2. The third-order valence-electron chi connectivity index (χ3n) is 5.45. The van der Waals surface area contributed by atoms with Gasteiger partial charge in [0.2, 0.25) is 0 Å². The third-order valence-corrected chi connectivity index (χ3v) is 5.45. The third kappa shape index (κ3) is 3.28. The fourth-order valence-corrected chi connectivity index (χ4v) is 4.04. The summed E-state index contributed by atoms with van der Waals surface area (Å²) >= 11 is 0. The van der Waals surface area contributed by atoms with Crippen molar-refractivity contribution < 1.29 is 9.53 Å². The Bertz CT molecular complexity index is 783. The van der Waals surface area contributed by atoms with Gasteiger partial charge in [0.15, 0.2) is 6.10 Å². The van der Waals surface area contributed by atoms with Gasteiger partial charge in [-0.1, -0.05) is 36.4 Å². The number of rotatable bonds is 3. The van der Waals surface area contributed by atoms with Gasteiger partial charge < -0.3 is 9.64 Å². The van der Waals surface area contributed by atoms with Crippen molar-refractivity contribution in [2.75, 3.05) is 6.54 Å². The smallest absolute Gasteiger partial charge is 0.263 e. The lowest BCUT2D eigenvalue weighted by Gasteiger charge is -2.31. The maximum absolute atomic E-state index is 12.9. The molecule has 0 saturated carbocycles. The highest BCUT2D eigenvalue weighted by atomic mass is 16.5. The quantitative estimate of drug-likeness (QED) is 0.851. The zero-order valence-electron chi connectivity index (χ0n) is 14.8. The first-order valence-corrected chi connectivity index (χ1v) is 9.35. The fraction of sp³-hybridized carbons (Fsp3) is 0.409. The van der Waals surface area contributed by atoms with Crippen molar-refractivity contribution in [1.82, 2.24) is 4.90 Å². The number of benzene rings is 2. The lowest BCUT2D eigenvalue weighted by Crippen LogP contribution is -2.43. The monoisotopic (exact) mass is 335 g/mol. The van der Waals surface area contributed by atoms with Gasteiger partial charge in [0, 0.05) is 13.1 Å². The van der Waals surface area contributed by atoms with Gasteiger partial charge in [-0.05, 0) is 67.3 Å². The predicted molar refractivity (Wildman–Crippen MR) is 98.7 cm³/mol. The number of hydrogen-bond acceptors (Lipinski definition) is 2. The van der Waals surface area contributed by atoms with Crippen LogP contribution in [0.1, 0.15) is 42.0 Å². The van der Waals surface area contributed by atoms with E-state index < -0.39 is 6.10 Å². The van der Waals surface area contributed by atoms with Gasteiger partial charge >= 0.3 is 0 Å². The molecule has 2 aromatic rings. The van der Waals surface area contributed by atoms with Gasteiger partial charge in [0.1, 0.15) is 5.75 Å². The van der Waals surface area contributed by atoms with Crippen LogP contribution in [0.4, 0.5) is 0 Å². The maximum Gasteiger partial charge on any atom is 0.263 e. The van der Waals surface area contributed by atoms with Crippen molar-refractivity contribution in [3.63, 3.8) is 0 Å². The van der Waals surface area contributed by atoms with Gasteiger partial charge in [-0.25, -0.2) is 0 Å². The Morgan fingerprint density at radius 2 is 1.72 bits per heavy atom. The molecule has 3 nitrogen and oxygen atoms in total. The van der Waals surface area contributed by atoms with E-state index in [9.17, 15) is 4.79 Å². The topological polar surface area (TPSA) is 29.5 Å². The molecule has 4 rings (SSSR count). The molecule has 2 aromatic carbocycles. The summed E-state index contributed by atoms with van der Waals surface area (Å²) in [6.07, 6.45) is 5.12. The van der Waals surface area contributed by atoms with E-state index in [0.29, 0.717) is 6.54 Å². The van der Waals surface area contributed by atoms with Crippen LogP contribution in [0.2, 0.25) is 0 Å². The van der Waals surface area contributed by atoms with Crippen LogP contribution in [0.3, 0.4) is 0 Å². The maximum atomic E-state index is 12.9. The molecule has 1 amide bonds. The standard InChI is InChI=1S/C22H25NO2/c1-16(25-21-12-6-10-18-8-4-5-11-20(18)21)22(24)23-14-13-17-7-2-3-9-19(17)15-23/h2-3,6-7,9-10,12,16H,4-5,8,11,13-15H2,1H3. The molecule has 25 heavy (non-hydrogen) atoms. The number of amides is 1. The Morgan fingerprint density at radius 1 is 0.960 bits per heavy atom. The predicted octanol–water partition coefficient (Wildman–Crippen LogP) is 3.92. The summed E-state index contributed by atoms with van der Waals surface area (Å²) in [6.45, 7) is 3.34. The summed E-state index contributed by atoms with van der Waals surface area (Å²) in [6, 6.07) is 14.6.